The van der Waals surface area contributed by atoms with Crippen LogP contribution in [0.5, 0.6) is 5.75 Å². The third-order valence-corrected chi connectivity index (χ3v) is 3.73. The predicted molar refractivity (Wildman–Crippen MR) is 93.1 cm³/mol. The van der Waals surface area contributed by atoms with Gasteiger partial charge in [-0.3, -0.25) is 0 Å². The molecule has 0 saturated heterocycles. The molecule has 0 bridgehead atoms. The van der Waals surface area contributed by atoms with Crippen LogP contribution in [0.2, 0.25) is 0 Å². The van der Waals surface area contributed by atoms with Crippen molar-refractivity contribution in [2.45, 2.75) is 33.0 Å². The number of carbonyl (C=O) groups excluding carboxylic acids is 1. The number of esters is 1. The van der Waals surface area contributed by atoms with Gasteiger partial charge >= 0.3 is 5.97 Å². The van der Waals surface area contributed by atoms with Crippen molar-refractivity contribution in [3.63, 3.8) is 0 Å². The Morgan fingerprint density at radius 2 is 1.83 bits per heavy atom. The van der Waals surface area contributed by atoms with Crippen LogP contribution in [0, 0.1) is 6.92 Å². The van der Waals surface area contributed by atoms with E-state index >= 15 is 0 Å². The lowest BCUT2D eigenvalue weighted by Gasteiger charge is -2.15. The van der Waals surface area contributed by atoms with Gasteiger partial charge in [0, 0.05) is 13.5 Å². The summed E-state index contributed by atoms with van der Waals surface area (Å²) in [5.74, 6) is 0.509. The highest BCUT2D eigenvalue weighted by molar-refractivity contribution is 5.75. The average Bonchev–Trinajstić information content (AvgIpc) is 2.60. The quantitative estimate of drug-likeness (QED) is 0.693. The average molecular weight is 328 g/mol. The van der Waals surface area contributed by atoms with Gasteiger partial charge in [-0.1, -0.05) is 42.5 Å². The molecule has 4 heteroatoms. The van der Waals surface area contributed by atoms with Crippen molar-refractivity contribution < 1.29 is 19.0 Å². The largest absolute Gasteiger partial charge is 0.489 e. The van der Waals surface area contributed by atoms with Gasteiger partial charge in [0.15, 0.2) is 6.10 Å². The van der Waals surface area contributed by atoms with Crippen LogP contribution >= 0.6 is 0 Å². The first-order valence-corrected chi connectivity index (χ1v) is 8.09. The summed E-state index contributed by atoms with van der Waals surface area (Å²) < 4.78 is 16.1. The molecule has 128 valence electrons. The molecule has 1 unspecified atom stereocenters. The highest BCUT2D eigenvalue weighted by Gasteiger charge is 2.19. The Hall–Kier alpha value is -2.33. The summed E-state index contributed by atoms with van der Waals surface area (Å²) in [7, 11) is 1.52. The van der Waals surface area contributed by atoms with Gasteiger partial charge in [0.2, 0.25) is 0 Å². The smallest absolute Gasteiger partial charge is 0.335 e. The molecule has 0 aromatic heterocycles. The molecular weight excluding hydrogens is 304 g/mol. The number of methoxy groups -OCH3 is 1. The summed E-state index contributed by atoms with van der Waals surface area (Å²) in [6, 6.07) is 16.0. The van der Waals surface area contributed by atoms with Crippen molar-refractivity contribution in [1.29, 1.82) is 0 Å². The second-order valence-corrected chi connectivity index (χ2v) is 5.55. The summed E-state index contributed by atoms with van der Waals surface area (Å²) in [6.45, 7) is 4.66. The lowest BCUT2D eigenvalue weighted by molar-refractivity contribution is -0.154. The lowest BCUT2D eigenvalue weighted by atomic mass is 10.0. The van der Waals surface area contributed by atoms with E-state index in [1.165, 1.54) is 7.11 Å². The summed E-state index contributed by atoms with van der Waals surface area (Å²) in [5, 5.41) is 0. The van der Waals surface area contributed by atoms with Crippen LogP contribution in [-0.4, -0.2) is 25.8 Å². The van der Waals surface area contributed by atoms with Crippen molar-refractivity contribution in [2.24, 2.45) is 0 Å². The summed E-state index contributed by atoms with van der Waals surface area (Å²) >= 11 is 0. The minimum Gasteiger partial charge on any atom is -0.489 e. The van der Waals surface area contributed by atoms with E-state index in [2.05, 4.69) is 0 Å². The third-order valence-electron chi connectivity index (χ3n) is 3.73. The van der Waals surface area contributed by atoms with Crippen molar-refractivity contribution in [3.8, 4) is 5.75 Å². The van der Waals surface area contributed by atoms with Crippen LogP contribution in [0.1, 0.15) is 23.6 Å². The molecule has 0 aliphatic carbocycles. The molecule has 0 saturated carbocycles. The molecule has 2 aromatic rings. The molecule has 0 heterocycles. The van der Waals surface area contributed by atoms with E-state index < -0.39 is 6.10 Å². The second-order valence-electron chi connectivity index (χ2n) is 5.55. The molecule has 0 amide bonds. The molecule has 0 spiro atoms. The fourth-order valence-corrected chi connectivity index (χ4v) is 2.45. The van der Waals surface area contributed by atoms with E-state index in [1.54, 1.807) is 6.92 Å². The van der Waals surface area contributed by atoms with Crippen LogP contribution in [0.15, 0.2) is 48.5 Å². The maximum atomic E-state index is 11.8. The highest BCUT2D eigenvalue weighted by Crippen LogP contribution is 2.21. The Kier molecular flexibility index (Phi) is 6.82. The molecule has 2 aromatic carbocycles. The molecule has 0 radical (unpaired) electrons. The summed E-state index contributed by atoms with van der Waals surface area (Å²) in [5.41, 5.74) is 3.17. The summed E-state index contributed by atoms with van der Waals surface area (Å²) in [4.78, 5) is 11.8. The van der Waals surface area contributed by atoms with Gasteiger partial charge in [-0.2, -0.15) is 0 Å². The molecule has 24 heavy (non-hydrogen) atoms. The molecule has 0 fully saturated rings. The molecule has 1 atom stereocenters. The Balaban J connectivity index is 1.99. The first-order chi connectivity index (χ1) is 11.6. The molecular formula is C20H24O4. The van der Waals surface area contributed by atoms with Gasteiger partial charge in [-0.15, -0.1) is 0 Å². The fraction of sp³-hybridized carbons (Fsp3) is 0.350. The number of ether oxygens (including phenoxy) is 3. The lowest BCUT2D eigenvalue weighted by Crippen LogP contribution is -2.27. The van der Waals surface area contributed by atoms with Gasteiger partial charge in [0.05, 0.1) is 6.61 Å². The van der Waals surface area contributed by atoms with E-state index in [4.69, 9.17) is 14.2 Å². The number of aryl methyl sites for hydroxylation is 1. The van der Waals surface area contributed by atoms with E-state index in [-0.39, 0.29) is 5.97 Å². The minimum atomic E-state index is -0.583. The SMILES string of the molecule is CCOC(=O)C(Cc1ccc(OCc2ccccc2)c(C)c1)OC. The van der Waals surface area contributed by atoms with Crippen LogP contribution in [0.25, 0.3) is 0 Å². The van der Waals surface area contributed by atoms with Crippen LogP contribution in [-0.2, 0) is 27.3 Å². The number of carbonyl (C=O) groups is 1. The van der Waals surface area contributed by atoms with Gasteiger partial charge in [0.25, 0.3) is 0 Å². The minimum absolute atomic E-state index is 0.331. The number of hydrogen-bond acceptors (Lipinski definition) is 4. The summed E-state index contributed by atoms with van der Waals surface area (Å²) in [6.07, 6.45) is -0.102. The second kappa shape index (κ2) is 9.08. The monoisotopic (exact) mass is 328 g/mol. The molecule has 4 nitrogen and oxygen atoms in total. The highest BCUT2D eigenvalue weighted by atomic mass is 16.6. The zero-order valence-corrected chi connectivity index (χ0v) is 14.5. The Bertz CT molecular complexity index is 652. The third kappa shape index (κ3) is 5.10. The maximum Gasteiger partial charge on any atom is 0.335 e. The fourth-order valence-electron chi connectivity index (χ4n) is 2.45. The first-order valence-electron chi connectivity index (χ1n) is 8.09. The number of hydrogen-bond donors (Lipinski definition) is 0. The number of benzene rings is 2. The topological polar surface area (TPSA) is 44.8 Å². The van der Waals surface area contributed by atoms with Gasteiger partial charge in [0.1, 0.15) is 12.4 Å². The van der Waals surface area contributed by atoms with Crippen molar-refractivity contribution in [3.05, 3.63) is 65.2 Å². The zero-order chi connectivity index (χ0) is 17.4. The van der Waals surface area contributed by atoms with Crippen molar-refractivity contribution in [1.82, 2.24) is 0 Å². The Morgan fingerprint density at radius 3 is 2.46 bits per heavy atom. The molecule has 2 rings (SSSR count). The normalized spacial score (nSPS) is 11.8. The Morgan fingerprint density at radius 1 is 1.08 bits per heavy atom. The first kappa shape index (κ1) is 18.0. The van der Waals surface area contributed by atoms with Gasteiger partial charge < -0.3 is 14.2 Å². The zero-order valence-electron chi connectivity index (χ0n) is 14.5. The maximum absolute atomic E-state index is 11.8. The van der Waals surface area contributed by atoms with Gasteiger partial charge in [-0.25, -0.2) is 4.79 Å². The van der Waals surface area contributed by atoms with Crippen LogP contribution in [0.4, 0.5) is 0 Å². The van der Waals surface area contributed by atoms with E-state index in [0.717, 1.165) is 22.4 Å². The standard InChI is InChI=1S/C20H24O4/c1-4-23-20(21)19(22-3)13-17-10-11-18(15(2)12-17)24-14-16-8-6-5-7-9-16/h5-12,19H,4,13-14H2,1-3H3. The molecule has 0 N–H and O–H groups in total. The van der Waals surface area contributed by atoms with Gasteiger partial charge in [-0.05, 0) is 36.6 Å². The van der Waals surface area contributed by atoms with E-state index in [9.17, 15) is 4.79 Å². The van der Waals surface area contributed by atoms with E-state index in [0.29, 0.717) is 19.6 Å². The predicted octanol–water partition coefficient (Wildman–Crippen LogP) is 3.69. The van der Waals surface area contributed by atoms with Crippen LogP contribution in [0.3, 0.4) is 0 Å². The van der Waals surface area contributed by atoms with Crippen LogP contribution < -0.4 is 4.74 Å². The number of rotatable bonds is 8. The van der Waals surface area contributed by atoms with E-state index in [1.807, 2.05) is 55.5 Å². The van der Waals surface area contributed by atoms with Crippen molar-refractivity contribution in [2.75, 3.05) is 13.7 Å². The molecule has 0 aliphatic rings. The van der Waals surface area contributed by atoms with Crippen molar-refractivity contribution >= 4 is 5.97 Å². The molecule has 0 aliphatic heterocycles. The Labute approximate surface area is 143 Å².